The summed E-state index contributed by atoms with van der Waals surface area (Å²) < 4.78 is 6.10. The first-order chi connectivity index (χ1) is 16.2. The van der Waals surface area contributed by atoms with Crippen molar-refractivity contribution in [1.29, 1.82) is 0 Å². The molecule has 34 heavy (non-hydrogen) atoms. The molecule has 3 aromatic heterocycles. The van der Waals surface area contributed by atoms with Crippen LogP contribution in [0.1, 0.15) is 16.1 Å². The lowest BCUT2D eigenvalue weighted by atomic mass is 10.1. The first kappa shape index (κ1) is 22.4. The van der Waals surface area contributed by atoms with Gasteiger partial charge in [-0.3, -0.25) is 0 Å². The van der Waals surface area contributed by atoms with E-state index < -0.39 is 0 Å². The van der Waals surface area contributed by atoms with E-state index in [0.29, 0.717) is 23.9 Å². The van der Waals surface area contributed by atoms with E-state index in [2.05, 4.69) is 20.2 Å². The second-order valence-corrected chi connectivity index (χ2v) is 9.10. The predicted molar refractivity (Wildman–Crippen MR) is 139 cm³/mol. The minimum atomic E-state index is 0. The van der Waals surface area contributed by atoms with Crippen LogP contribution in [0.5, 0.6) is 5.75 Å². The number of rotatable bonds is 6. The van der Waals surface area contributed by atoms with Crippen molar-refractivity contribution in [3.05, 3.63) is 93.4 Å². The van der Waals surface area contributed by atoms with Crippen molar-refractivity contribution in [2.24, 2.45) is 0 Å². The molecule has 0 saturated heterocycles. The fourth-order valence-corrected chi connectivity index (χ4v) is 4.77. The third kappa shape index (κ3) is 4.50. The Morgan fingerprint density at radius 2 is 1.76 bits per heavy atom. The third-order valence-electron chi connectivity index (χ3n) is 5.42. The molecule has 0 aliphatic rings. The van der Waals surface area contributed by atoms with Crippen LogP contribution >= 0.6 is 35.3 Å². The molecule has 0 saturated carbocycles. The Labute approximate surface area is 210 Å². The van der Waals surface area contributed by atoms with Crippen molar-refractivity contribution < 1.29 is 4.74 Å². The van der Waals surface area contributed by atoms with Gasteiger partial charge in [-0.2, -0.15) is 0 Å². The lowest BCUT2D eigenvalue weighted by Crippen LogP contribution is -1.99. The molecule has 6 rings (SSSR count). The van der Waals surface area contributed by atoms with Gasteiger partial charge in [0.2, 0.25) is 0 Å². The maximum atomic E-state index is 6.28. The highest BCUT2D eigenvalue weighted by Gasteiger charge is 2.14. The summed E-state index contributed by atoms with van der Waals surface area (Å²) in [5.41, 5.74) is 5.58. The number of aromatic amines is 2. The van der Waals surface area contributed by atoms with Crippen molar-refractivity contribution >= 4 is 57.3 Å². The highest BCUT2D eigenvalue weighted by atomic mass is 35.5. The van der Waals surface area contributed by atoms with Gasteiger partial charge < -0.3 is 14.9 Å². The fourth-order valence-electron chi connectivity index (χ4n) is 3.78. The summed E-state index contributed by atoms with van der Waals surface area (Å²) in [4.78, 5) is 14.2. The molecule has 0 aliphatic heterocycles. The summed E-state index contributed by atoms with van der Waals surface area (Å²) >= 11 is 7.87. The molecule has 170 valence electrons. The number of nitrogens with zero attached hydrogens (tertiary/aromatic N) is 3. The van der Waals surface area contributed by atoms with E-state index in [1.54, 1.807) is 11.3 Å². The van der Waals surface area contributed by atoms with E-state index >= 15 is 0 Å². The van der Waals surface area contributed by atoms with E-state index in [9.17, 15) is 0 Å². The Bertz CT molecular complexity index is 1530. The van der Waals surface area contributed by atoms with E-state index in [1.807, 2.05) is 72.2 Å². The number of aromatic nitrogens is 5. The first-order valence-electron chi connectivity index (χ1n) is 10.4. The zero-order valence-electron chi connectivity index (χ0n) is 17.8. The molecule has 0 radical (unpaired) electrons. The Hall–Kier alpha value is -3.39. The number of fused-ring (bicyclic) bond motifs is 2. The maximum Gasteiger partial charge on any atom is 0.180 e. The summed E-state index contributed by atoms with van der Waals surface area (Å²) in [6.07, 6.45) is 2.53. The van der Waals surface area contributed by atoms with Crippen LogP contribution in [0.15, 0.2) is 72.2 Å². The summed E-state index contributed by atoms with van der Waals surface area (Å²) in [6.45, 7) is 0.498. The molecule has 0 bridgehead atoms. The van der Waals surface area contributed by atoms with Crippen molar-refractivity contribution in [3.8, 4) is 17.3 Å². The number of imidazole rings is 1. The molecule has 3 heterocycles. The molecular weight excluding hydrogens is 489 g/mol. The molecule has 0 unspecified atom stereocenters. The van der Waals surface area contributed by atoms with E-state index in [1.165, 1.54) is 0 Å². The summed E-state index contributed by atoms with van der Waals surface area (Å²) in [6, 6.07) is 19.8. The largest absolute Gasteiger partial charge is 0.489 e. The Balaban J connectivity index is 0.00000241. The quantitative estimate of drug-likeness (QED) is 0.259. The molecule has 0 amide bonds. The molecule has 6 aromatic rings. The Morgan fingerprint density at radius 3 is 2.62 bits per heavy atom. The molecule has 3 aromatic carbocycles. The van der Waals surface area contributed by atoms with Gasteiger partial charge in [0, 0.05) is 34.0 Å². The number of hydrogen-bond donors (Lipinski definition) is 2. The zero-order valence-corrected chi connectivity index (χ0v) is 20.2. The highest BCUT2D eigenvalue weighted by molar-refractivity contribution is 7.10. The van der Waals surface area contributed by atoms with Gasteiger partial charge in [0.1, 0.15) is 18.1 Å². The molecule has 0 fully saturated rings. The SMILES string of the molecule is Cl.Clc1ccc(OCc2ccccc2)c(Cc2nc(-c3nc4cc5c[nH][nH]c5cc4n3)cs2)c1. The van der Waals surface area contributed by atoms with Gasteiger partial charge in [0.15, 0.2) is 5.82 Å². The topological polar surface area (TPSA) is 79.5 Å². The number of benzene rings is 3. The average molecular weight is 508 g/mol. The number of thiazole rings is 1. The van der Waals surface area contributed by atoms with Crippen LogP contribution < -0.4 is 4.74 Å². The van der Waals surface area contributed by atoms with Gasteiger partial charge in [0.25, 0.3) is 0 Å². The molecule has 9 heteroatoms. The van der Waals surface area contributed by atoms with Gasteiger partial charge in [-0.05, 0) is 35.9 Å². The second-order valence-electron chi connectivity index (χ2n) is 7.72. The molecule has 0 spiro atoms. The monoisotopic (exact) mass is 507 g/mol. The smallest absolute Gasteiger partial charge is 0.180 e. The van der Waals surface area contributed by atoms with Crippen LogP contribution in [0.2, 0.25) is 5.02 Å². The standard InChI is InChI=1S/C25H18ClN5OS.ClH/c26-18-6-7-23(32-13-15-4-2-1-3-5-15)16(8-18)10-24-28-22(14-33-24)25-29-20-9-17-12-27-31-19(17)11-21(20)30-25;/h1-9,11-12,14,27,31H,10,13H2;1H. The lowest BCUT2D eigenvalue weighted by Gasteiger charge is -2.11. The number of H-pyrrole nitrogens is 2. The summed E-state index contributed by atoms with van der Waals surface area (Å²) in [5.74, 6) is 1.44. The van der Waals surface area contributed by atoms with Crippen LogP contribution in [0.3, 0.4) is 0 Å². The second kappa shape index (κ2) is 9.46. The van der Waals surface area contributed by atoms with Gasteiger partial charge >= 0.3 is 0 Å². The molecule has 0 aliphatic carbocycles. The zero-order chi connectivity index (χ0) is 22.2. The normalized spacial score (nSPS) is 11.1. The Kier molecular flexibility index (Phi) is 6.24. The molecule has 0 atom stereocenters. The van der Waals surface area contributed by atoms with Crippen LogP contribution in [0.25, 0.3) is 33.5 Å². The van der Waals surface area contributed by atoms with Gasteiger partial charge in [-0.25, -0.2) is 15.0 Å². The van der Waals surface area contributed by atoms with Crippen molar-refractivity contribution in [2.75, 3.05) is 0 Å². The van der Waals surface area contributed by atoms with Crippen molar-refractivity contribution in [1.82, 2.24) is 25.1 Å². The van der Waals surface area contributed by atoms with Crippen molar-refractivity contribution in [3.63, 3.8) is 0 Å². The minimum absolute atomic E-state index is 0. The first-order valence-corrected chi connectivity index (χ1v) is 11.7. The summed E-state index contributed by atoms with van der Waals surface area (Å²) in [7, 11) is 0. The van der Waals surface area contributed by atoms with Gasteiger partial charge in [-0.1, -0.05) is 41.9 Å². The lowest BCUT2D eigenvalue weighted by molar-refractivity contribution is 0.303. The Morgan fingerprint density at radius 1 is 0.941 bits per heavy atom. The minimum Gasteiger partial charge on any atom is -0.489 e. The summed E-state index contributed by atoms with van der Waals surface area (Å²) in [5, 5.41) is 10.8. The predicted octanol–water partition coefficient (Wildman–Crippen LogP) is 6.81. The average Bonchev–Trinajstić information content (AvgIpc) is 3.56. The number of ether oxygens (including phenoxy) is 1. The van der Waals surface area contributed by atoms with E-state index in [0.717, 1.165) is 49.5 Å². The molecule has 2 N–H and O–H groups in total. The molecule has 6 nitrogen and oxygen atoms in total. The van der Waals surface area contributed by atoms with Crippen LogP contribution in [0, 0.1) is 0 Å². The maximum absolute atomic E-state index is 6.28. The number of hydrogen-bond acceptors (Lipinski definition) is 5. The van der Waals surface area contributed by atoms with Crippen LogP contribution in [0.4, 0.5) is 0 Å². The molecular formula is C25H19Cl2N5OS. The number of halogens is 2. The van der Waals surface area contributed by atoms with Crippen LogP contribution in [-0.2, 0) is 13.0 Å². The highest BCUT2D eigenvalue weighted by Crippen LogP contribution is 2.30. The fraction of sp³-hybridized carbons (Fsp3) is 0.0800. The number of nitrogens with one attached hydrogen (secondary N) is 2. The van der Waals surface area contributed by atoms with E-state index in [4.69, 9.17) is 21.3 Å². The van der Waals surface area contributed by atoms with E-state index in [-0.39, 0.29) is 12.4 Å². The van der Waals surface area contributed by atoms with Gasteiger partial charge in [-0.15, -0.1) is 23.7 Å². The van der Waals surface area contributed by atoms with Crippen LogP contribution in [-0.4, -0.2) is 25.1 Å². The van der Waals surface area contributed by atoms with Gasteiger partial charge in [0.05, 0.1) is 21.6 Å². The third-order valence-corrected chi connectivity index (χ3v) is 6.50. The van der Waals surface area contributed by atoms with Crippen molar-refractivity contribution in [2.45, 2.75) is 13.0 Å².